The predicted molar refractivity (Wildman–Crippen MR) is 99.0 cm³/mol. The summed E-state index contributed by atoms with van der Waals surface area (Å²) in [6.07, 6.45) is 0.844. The van der Waals surface area contributed by atoms with Crippen LogP contribution in [0.4, 0.5) is 5.82 Å². The first kappa shape index (κ1) is 19.1. The number of rotatable bonds is 6. The number of nitrogens with zero attached hydrogens (tertiary/aromatic N) is 1. The quantitative estimate of drug-likeness (QED) is 0.794. The second kappa shape index (κ2) is 7.78. The Bertz CT molecular complexity index is 751. The van der Waals surface area contributed by atoms with Crippen LogP contribution in [0.3, 0.4) is 0 Å². The van der Waals surface area contributed by atoms with Crippen molar-refractivity contribution < 1.29 is 14.3 Å². The zero-order chi connectivity index (χ0) is 18.6. The Kier molecular flexibility index (Phi) is 5.95. The number of anilines is 1. The minimum Gasteiger partial charge on any atom is -0.493 e. The number of hydrogen-bond acceptors (Lipinski definition) is 4. The van der Waals surface area contributed by atoms with Crippen molar-refractivity contribution in [1.29, 1.82) is 0 Å². The van der Waals surface area contributed by atoms with Crippen molar-refractivity contribution in [2.24, 2.45) is 0 Å². The molecule has 0 unspecified atom stereocenters. The van der Waals surface area contributed by atoms with E-state index in [0.29, 0.717) is 34.5 Å². The molecular formula is C18H24ClN3O3. The molecule has 6 nitrogen and oxygen atoms in total. The number of ether oxygens (including phenoxy) is 2. The number of halogens is 1. The smallest absolute Gasteiger partial charge is 0.257 e. The van der Waals surface area contributed by atoms with Gasteiger partial charge in [0.05, 0.1) is 18.7 Å². The number of H-pyrrole nitrogens is 1. The number of amides is 1. The zero-order valence-electron chi connectivity index (χ0n) is 15.2. The second-order valence-corrected chi connectivity index (χ2v) is 7.12. The molecule has 1 heterocycles. The van der Waals surface area contributed by atoms with Crippen LogP contribution in [0.25, 0.3) is 0 Å². The lowest BCUT2D eigenvalue weighted by Crippen LogP contribution is -2.13. The number of nitrogens with one attached hydrogen (secondary N) is 2. The Morgan fingerprint density at radius 1 is 1.32 bits per heavy atom. The lowest BCUT2D eigenvalue weighted by Gasteiger charge is -2.14. The highest BCUT2D eigenvalue weighted by molar-refractivity contribution is 6.32. The summed E-state index contributed by atoms with van der Waals surface area (Å²) in [6.45, 7) is 8.70. The molecule has 0 saturated heterocycles. The van der Waals surface area contributed by atoms with Crippen molar-refractivity contribution in [3.8, 4) is 11.5 Å². The molecule has 0 aliphatic heterocycles. The first-order chi connectivity index (χ1) is 11.8. The molecule has 2 N–H and O–H groups in total. The molecule has 2 aromatic rings. The number of carbonyl (C=O) groups excluding carboxylic acids is 1. The van der Waals surface area contributed by atoms with Crippen LogP contribution in [0.15, 0.2) is 18.2 Å². The summed E-state index contributed by atoms with van der Waals surface area (Å²) in [5.41, 5.74) is 1.22. The van der Waals surface area contributed by atoms with E-state index in [1.807, 2.05) is 13.0 Å². The number of methoxy groups -OCH3 is 1. The maximum atomic E-state index is 12.5. The summed E-state index contributed by atoms with van der Waals surface area (Å²) >= 11 is 6.25. The largest absolute Gasteiger partial charge is 0.493 e. The normalized spacial score (nSPS) is 11.3. The molecule has 1 aromatic heterocycles. The van der Waals surface area contributed by atoms with Gasteiger partial charge in [-0.3, -0.25) is 9.89 Å². The maximum absolute atomic E-state index is 12.5. The Hall–Kier alpha value is -2.21. The molecule has 0 radical (unpaired) electrons. The van der Waals surface area contributed by atoms with E-state index >= 15 is 0 Å². The molecule has 7 heteroatoms. The van der Waals surface area contributed by atoms with Gasteiger partial charge in [0.25, 0.3) is 5.91 Å². The number of carbonyl (C=O) groups is 1. The van der Waals surface area contributed by atoms with Crippen molar-refractivity contribution in [3.05, 3.63) is 34.5 Å². The van der Waals surface area contributed by atoms with Crippen LogP contribution in [-0.2, 0) is 5.41 Å². The van der Waals surface area contributed by atoms with Crippen molar-refractivity contribution in [2.45, 2.75) is 39.5 Å². The highest BCUT2D eigenvalue weighted by atomic mass is 35.5. The van der Waals surface area contributed by atoms with E-state index in [0.717, 1.165) is 12.1 Å². The number of hydrogen-bond donors (Lipinski definition) is 2. The van der Waals surface area contributed by atoms with Crippen LogP contribution in [0.5, 0.6) is 11.5 Å². The molecule has 0 saturated carbocycles. The van der Waals surface area contributed by atoms with Gasteiger partial charge in [-0.25, -0.2) is 0 Å². The minimum atomic E-state index is -0.325. The van der Waals surface area contributed by atoms with E-state index in [2.05, 4.69) is 36.3 Å². The van der Waals surface area contributed by atoms with Crippen molar-refractivity contribution in [2.75, 3.05) is 19.0 Å². The molecule has 2 rings (SSSR count). The van der Waals surface area contributed by atoms with E-state index < -0.39 is 0 Å². The molecule has 0 aliphatic rings. The van der Waals surface area contributed by atoms with Crippen LogP contribution in [0.1, 0.15) is 50.2 Å². The first-order valence-corrected chi connectivity index (χ1v) is 8.51. The van der Waals surface area contributed by atoms with Crippen molar-refractivity contribution >= 4 is 23.3 Å². The summed E-state index contributed by atoms with van der Waals surface area (Å²) in [5.74, 6) is 0.992. The average Bonchev–Trinajstić information content (AvgIpc) is 3.01. The summed E-state index contributed by atoms with van der Waals surface area (Å²) in [6, 6.07) is 4.97. The number of aromatic amines is 1. The Balaban J connectivity index is 2.21. The SMILES string of the molecule is CCCOc1c(Cl)cc(C(=O)Nc2cc(C(C)(C)C)[nH]n2)cc1OC. The summed E-state index contributed by atoms with van der Waals surface area (Å²) in [4.78, 5) is 12.5. The van der Waals surface area contributed by atoms with Crippen molar-refractivity contribution in [1.82, 2.24) is 10.2 Å². The van der Waals surface area contributed by atoms with Crippen LogP contribution in [0.2, 0.25) is 5.02 Å². The lowest BCUT2D eigenvalue weighted by molar-refractivity contribution is 0.102. The molecule has 0 aliphatic carbocycles. The van der Waals surface area contributed by atoms with Gasteiger partial charge < -0.3 is 14.8 Å². The molecule has 0 fully saturated rings. The summed E-state index contributed by atoms with van der Waals surface area (Å²) in [5, 5.41) is 10.1. The van der Waals surface area contributed by atoms with Gasteiger partial charge >= 0.3 is 0 Å². The highest BCUT2D eigenvalue weighted by Gasteiger charge is 2.19. The second-order valence-electron chi connectivity index (χ2n) is 6.71. The van der Waals surface area contributed by atoms with Crippen LogP contribution < -0.4 is 14.8 Å². The third-order valence-electron chi connectivity index (χ3n) is 3.57. The molecular weight excluding hydrogens is 342 g/mol. The molecule has 1 amide bonds. The van der Waals surface area contributed by atoms with Gasteiger partial charge in [0.2, 0.25) is 0 Å². The third-order valence-corrected chi connectivity index (χ3v) is 3.85. The van der Waals surface area contributed by atoms with Crippen LogP contribution in [-0.4, -0.2) is 29.8 Å². The standard InChI is InChI=1S/C18H24ClN3O3/c1-6-7-25-16-12(19)8-11(9-13(16)24-5)17(23)20-15-10-14(21-22-15)18(2,3)4/h8-10H,6-7H2,1-5H3,(H2,20,21,22,23). The molecule has 0 spiro atoms. The predicted octanol–water partition coefficient (Wildman–Crippen LogP) is 4.41. The number of aromatic nitrogens is 2. The van der Waals surface area contributed by atoms with E-state index in [9.17, 15) is 4.79 Å². The van der Waals surface area contributed by atoms with Gasteiger partial charge in [-0.1, -0.05) is 39.3 Å². The third kappa shape index (κ3) is 4.66. The van der Waals surface area contributed by atoms with Gasteiger partial charge in [0.15, 0.2) is 17.3 Å². The Morgan fingerprint density at radius 2 is 2.04 bits per heavy atom. The Morgan fingerprint density at radius 3 is 2.60 bits per heavy atom. The van der Waals surface area contributed by atoms with E-state index in [-0.39, 0.29) is 11.3 Å². The first-order valence-electron chi connectivity index (χ1n) is 8.13. The monoisotopic (exact) mass is 365 g/mol. The van der Waals surface area contributed by atoms with Gasteiger partial charge in [0, 0.05) is 22.7 Å². The zero-order valence-corrected chi connectivity index (χ0v) is 16.0. The lowest BCUT2D eigenvalue weighted by atomic mass is 9.92. The molecule has 136 valence electrons. The van der Waals surface area contributed by atoms with Gasteiger partial charge in [-0.15, -0.1) is 0 Å². The maximum Gasteiger partial charge on any atom is 0.257 e. The molecule has 0 bridgehead atoms. The summed E-state index contributed by atoms with van der Waals surface area (Å²) < 4.78 is 10.9. The Labute approximate surface area is 152 Å². The van der Waals surface area contributed by atoms with E-state index in [1.165, 1.54) is 7.11 Å². The minimum absolute atomic E-state index is 0.0826. The average molecular weight is 366 g/mol. The summed E-state index contributed by atoms with van der Waals surface area (Å²) in [7, 11) is 1.51. The fraction of sp³-hybridized carbons (Fsp3) is 0.444. The van der Waals surface area contributed by atoms with Gasteiger partial charge in [0.1, 0.15) is 0 Å². The van der Waals surface area contributed by atoms with E-state index in [4.69, 9.17) is 21.1 Å². The fourth-order valence-electron chi connectivity index (χ4n) is 2.15. The topological polar surface area (TPSA) is 76.2 Å². The molecule has 25 heavy (non-hydrogen) atoms. The van der Waals surface area contributed by atoms with Crippen LogP contribution in [0, 0.1) is 0 Å². The molecule has 1 aromatic carbocycles. The van der Waals surface area contributed by atoms with Gasteiger partial charge in [-0.2, -0.15) is 5.10 Å². The molecule has 0 atom stereocenters. The number of benzene rings is 1. The highest BCUT2D eigenvalue weighted by Crippen LogP contribution is 2.36. The van der Waals surface area contributed by atoms with Crippen molar-refractivity contribution in [3.63, 3.8) is 0 Å². The fourth-order valence-corrected chi connectivity index (χ4v) is 2.42. The van der Waals surface area contributed by atoms with E-state index in [1.54, 1.807) is 12.1 Å². The van der Waals surface area contributed by atoms with Gasteiger partial charge in [-0.05, 0) is 18.6 Å². The van der Waals surface area contributed by atoms with Crippen LogP contribution >= 0.6 is 11.6 Å².